The van der Waals surface area contributed by atoms with Gasteiger partial charge in [-0.1, -0.05) is 0 Å². The van der Waals surface area contributed by atoms with Gasteiger partial charge in [-0.05, 0) is 49.9 Å². The molecule has 0 aromatic heterocycles. The van der Waals surface area contributed by atoms with Crippen molar-refractivity contribution in [1.29, 1.82) is 0 Å². The van der Waals surface area contributed by atoms with E-state index < -0.39 is 0 Å². The molecule has 100 valence electrons. The van der Waals surface area contributed by atoms with E-state index in [4.69, 9.17) is 10.5 Å². The Balaban J connectivity index is 1.64. The molecule has 1 heterocycles. The summed E-state index contributed by atoms with van der Waals surface area (Å²) >= 11 is 1.69. The Hall–Kier alpha value is -0.580. The highest BCUT2D eigenvalue weighted by Crippen LogP contribution is 2.21. The van der Waals surface area contributed by atoms with Gasteiger partial charge in [-0.3, -0.25) is 0 Å². The fourth-order valence-corrected chi connectivity index (χ4v) is 2.99. The minimum absolute atomic E-state index is 0.184. The Morgan fingerprint density at radius 2 is 2.17 bits per heavy atom. The zero-order valence-electron chi connectivity index (χ0n) is 10.5. The molecule has 0 aliphatic carbocycles. The van der Waals surface area contributed by atoms with Crippen molar-refractivity contribution in [1.82, 2.24) is 0 Å². The standard InChI is InChI=1S/C14H20FNOS/c15-11-3-7-14(8-4-11)18-10-12(16)5-6-13-2-1-9-17-13/h3-4,7-8,12-13H,1-2,5-6,9-10,16H2. The maximum Gasteiger partial charge on any atom is 0.123 e. The number of thioether (sulfide) groups is 1. The molecular formula is C14H20FNOS. The molecule has 1 aliphatic heterocycles. The lowest BCUT2D eigenvalue weighted by molar-refractivity contribution is 0.101. The summed E-state index contributed by atoms with van der Waals surface area (Å²) in [4.78, 5) is 1.07. The fourth-order valence-electron chi connectivity index (χ4n) is 2.09. The molecule has 1 aromatic rings. The molecule has 2 atom stereocenters. The van der Waals surface area contributed by atoms with Gasteiger partial charge in [0.25, 0.3) is 0 Å². The number of hydrogen-bond acceptors (Lipinski definition) is 3. The molecule has 1 saturated heterocycles. The lowest BCUT2D eigenvalue weighted by Crippen LogP contribution is -2.24. The van der Waals surface area contributed by atoms with Gasteiger partial charge in [0, 0.05) is 23.3 Å². The van der Waals surface area contributed by atoms with Crippen molar-refractivity contribution < 1.29 is 9.13 Å². The average molecular weight is 269 g/mol. The number of nitrogens with two attached hydrogens (primary N) is 1. The number of benzene rings is 1. The lowest BCUT2D eigenvalue weighted by Gasteiger charge is -2.14. The Labute approximate surface area is 112 Å². The maximum atomic E-state index is 12.7. The van der Waals surface area contributed by atoms with Crippen LogP contribution in [0, 0.1) is 5.82 Å². The summed E-state index contributed by atoms with van der Waals surface area (Å²) in [6, 6.07) is 6.75. The molecule has 0 bridgehead atoms. The van der Waals surface area contributed by atoms with Crippen LogP contribution in [0.2, 0.25) is 0 Å². The van der Waals surface area contributed by atoms with Gasteiger partial charge >= 0.3 is 0 Å². The molecule has 1 aliphatic rings. The molecule has 2 unspecified atom stereocenters. The lowest BCUT2D eigenvalue weighted by atomic mass is 10.1. The zero-order chi connectivity index (χ0) is 12.8. The van der Waals surface area contributed by atoms with E-state index in [9.17, 15) is 4.39 Å². The monoisotopic (exact) mass is 269 g/mol. The van der Waals surface area contributed by atoms with Gasteiger partial charge in [-0.15, -0.1) is 11.8 Å². The molecule has 2 N–H and O–H groups in total. The largest absolute Gasteiger partial charge is 0.378 e. The van der Waals surface area contributed by atoms with Crippen LogP contribution in [-0.2, 0) is 4.74 Å². The number of rotatable bonds is 6. The minimum Gasteiger partial charge on any atom is -0.378 e. The Morgan fingerprint density at radius 1 is 1.39 bits per heavy atom. The third-order valence-corrected chi connectivity index (χ3v) is 4.36. The van der Waals surface area contributed by atoms with Crippen LogP contribution in [0.15, 0.2) is 29.2 Å². The second kappa shape index (κ2) is 7.12. The normalized spacial score (nSPS) is 21.1. The molecule has 2 nitrogen and oxygen atoms in total. The Kier molecular flexibility index (Phi) is 5.47. The summed E-state index contributed by atoms with van der Waals surface area (Å²) in [6.45, 7) is 0.907. The summed E-state index contributed by atoms with van der Waals surface area (Å²) in [5.41, 5.74) is 6.08. The highest BCUT2D eigenvalue weighted by molar-refractivity contribution is 7.99. The first kappa shape index (κ1) is 13.8. The van der Waals surface area contributed by atoms with E-state index >= 15 is 0 Å². The second-order valence-electron chi connectivity index (χ2n) is 4.74. The van der Waals surface area contributed by atoms with Crippen LogP contribution >= 0.6 is 11.8 Å². The van der Waals surface area contributed by atoms with E-state index in [0.717, 1.165) is 30.1 Å². The Bertz CT molecular complexity index is 351. The molecule has 4 heteroatoms. The first-order chi connectivity index (χ1) is 8.74. The molecule has 2 rings (SSSR count). The number of ether oxygens (including phenoxy) is 1. The van der Waals surface area contributed by atoms with E-state index in [1.54, 1.807) is 23.9 Å². The highest BCUT2D eigenvalue weighted by Gasteiger charge is 2.16. The van der Waals surface area contributed by atoms with Crippen molar-refractivity contribution in [2.45, 2.75) is 42.7 Å². The van der Waals surface area contributed by atoms with Crippen LogP contribution < -0.4 is 5.73 Å². The average Bonchev–Trinajstić information content (AvgIpc) is 2.89. The number of hydrogen-bond donors (Lipinski definition) is 1. The van der Waals surface area contributed by atoms with Gasteiger partial charge in [0.05, 0.1) is 6.10 Å². The van der Waals surface area contributed by atoms with Crippen molar-refractivity contribution in [2.24, 2.45) is 5.73 Å². The maximum absolute atomic E-state index is 12.7. The second-order valence-corrected chi connectivity index (χ2v) is 5.83. The molecule has 1 fully saturated rings. The van der Waals surface area contributed by atoms with Crippen molar-refractivity contribution in [3.63, 3.8) is 0 Å². The van der Waals surface area contributed by atoms with Crippen LogP contribution in [0.25, 0.3) is 0 Å². The smallest absolute Gasteiger partial charge is 0.123 e. The zero-order valence-corrected chi connectivity index (χ0v) is 11.3. The Morgan fingerprint density at radius 3 is 2.83 bits per heavy atom. The molecule has 18 heavy (non-hydrogen) atoms. The summed E-state index contributed by atoms with van der Waals surface area (Å²) in [5.74, 6) is 0.681. The van der Waals surface area contributed by atoms with E-state index in [0.29, 0.717) is 6.10 Å². The molecule has 0 amide bonds. The van der Waals surface area contributed by atoms with Crippen LogP contribution in [-0.4, -0.2) is 24.5 Å². The fraction of sp³-hybridized carbons (Fsp3) is 0.571. The van der Waals surface area contributed by atoms with Crippen molar-refractivity contribution in [2.75, 3.05) is 12.4 Å². The van der Waals surface area contributed by atoms with Crippen LogP contribution in [0.3, 0.4) is 0 Å². The molecule has 0 spiro atoms. The predicted octanol–water partition coefficient (Wildman–Crippen LogP) is 3.20. The van der Waals surface area contributed by atoms with E-state index in [-0.39, 0.29) is 11.9 Å². The van der Waals surface area contributed by atoms with Crippen LogP contribution in [0.5, 0.6) is 0 Å². The van der Waals surface area contributed by atoms with Crippen molar-refractivity contribution >= 4 is 11.8 Å². The first-order valence-electron chi connectivity index (χ1n) is 6.49. The summed E-state index contributed by atoms with van der Waals surface area (Å²) in [5, 5.41) is 0. The van der Waals surface area contributed by atoms with E-state index in [1.165, 1.54) is 25.0 Å². The van der Waals surface area contributed by atoms with Gasteiger partial charge in [-0.25, -0.2) is 4.39 Å². The number of halogens is 1. The highest BCUT2D eigenvalue weighted by atomic mass is 32.2. The van der Waals surface area contributed by atoms with E-state index in [2.05, 4.69) is 0 Å². The molecule has 0 saturated carbocycles. The summed E-state index contributed by atoms with van der Waals surface area (Å²) in [7, 11) is 0. The minimum atomic E-state index is -0.193. The van der Waals surface area contributed by atoms with Crippen molar-refractivity contribution in [3.8, 4) is 0 Å². The van der Waals surface area contributed by atoms with Gasteiger partial charge in [0.2, 0.25) is 0 Å². The van der Waals surface area contributed by atoms with Crippen LogP contribution in [0.4, 0.5) is 4.39 Å². The van der Waals surface area contributed by atoms with Crippen LogP contribution in [0.1, 0.15) is 25.7 Å². The van der Waals surface area contributed by atoms with Crippen molar-refractivity contribution in [3.05, 3.63) is 30.1 Å². The summed E-state index contributed by atoms with van der Waals surface area (Å²) in [6.07, 6.45) is 4.85. The van der Waals surface area contributed by atoms with Gasteiger partial charge in [0.1, 0.15) is 5.82 Å². The third-order valence-electron chi connectivity index (χ3n) is 3.16. The van der Waals surface area contributed by atoms with Gasteiger partial charge in [0.15, 0.2) is 0 Å². The topological polar surface area (TPSA) is 35.2 Å². The molecule has 1 aromatic carbocycles. The summed E-state index contributed by atoms with van der Waals surface area (Å²) < 4.78 is 18.3. The third kappa shape index (κ3) is 4.59. The van der Waals surface area contributed by atoms with Gasteiger partial charge in [-0.2, -0.15) is 0 Å². The first-order valence-corrected chi connectivity index (χ1v) is 7.48. The van der Waals surface area contributed by atoms with E-state index in [1.807, 2.05) is 0 Å². The quantitative estimate of drug-likeness (QED) is 0.805. The molecule has 0 radical (unpaired) electrons. The predicted molar refractivity (Wildman–Crippen MR) is 73.3 cm³/mol. The SMILES string of the molecule is NC(CCC1CCCO1)CSc1ccc(F)cc1. The molecular weight excluding hydrogens is 249 g/mol. The van der Waals surface area contributed by atoms with Gasteiger partial charge < -0.3 is 10.5 Å².